The number of thioether (sulfide) groups is 1. The molecule has 0 fully saturated rings. The minimum absolute atomic E-state index is 1.15. The first-order valence-electron chi connectivity index (χ1n) is 2.82. The third-order valence-electron chi connectivity index (χ3n) is 1.30. The van der Waals surface area contributed by atoms with Crippen molar-refractivity contribution in [1.29, 1.82) is 0 Å². The maximum atomic E-state index is 2.28. The number of thiophene rings is 1. The number of hydrogen-bond acceptors (Lipinski definition) is 2. The van der Waals surface area contributed by atoms with Crippen LogP contribution in [0.15, 0.2) is 11.4 Å². The number of fused-ring (bicyclic) bond motifs is 1. The summed E-state index contributed by atoms with van der Waals surface area (Å²) in [5.41, 5.74) is 0. The van der Waals surface area contributed by atoms with Crippen molar-refractivity contribution >= 4 is 34.6 Å². The fourth-order valence-corrected chi connectivity index (χ4v) is 2.58. The maximum Gasteiger partial charge on any atom is 0.0316 e. The molecular formula is C7H6S2. The first-order valence-corrected chi connectivity index (χ1v) is 4.75. The third-order valence-corrected chi connectivity index (χ3v) is 3.01. The van der Waals surface area contributed by atoms with Gasteiger partial charge in [0.1, 0.15) is 0 Å². The summed E-state index contributed by atoms with van der Waals surface area (Å²) < 4.78 is 1.44. The lowest BCUT2D eigenvalue weighted by Crippen LogP contribution is -2.19. The zero-order valence-corrected chi connectivity index (χ0v) is 6.47. The molecular weight excluding hydrogens is 148 g/mol. The van der Waals surface area contributed by atoms with Crippen LogP contribution in [0.3, 0.4) is 0 Å². The Balaban J connectivity index is 2.89. The van der Waals surface area contributed by atoms with Crippen LogP contribution in [0.1, 0.15) is 0 Å². The normalized spacial score (nSPS) is 15.6. The standard InChI is InChI=1S/C7H6S2/c1-4-9-7-2-3-8-5-6(1)7/h1-2,4-5H,3H2. The summed E-state index contributed by atoms with van der Waals surface area (Å²) in [6.45, 7) is 0. The second-order valence-electron chi connectivity index (χ2n) is 1.90. The van der Waals surface area contributed by atoms with Crippen LogP contribution in [-0.2, 0) is 0 Å². The summed E-state index contributed by atoms with van der Waals surface area (Å²) in [7, 11) is 0. The Hall–Kier alpha value is -0.210. The van der Waals surface area contributed by atoms with Gasteiger partial charge >= 0.3 is 0 Å². The van der Waals surface area contributed by atoms with Crippen molar-refractivity contribution in [1.82, 2.24) is 0 Å². The van der Waals surface area contributed by atoms with E-state index in [9.17, 15) is 0 Å². The van der Waals surface area contributed by atoms with Crippen molar-refractivity contribution in [2.45, 2.75) is 0 Å². The van der Waals surface area contributed by atoms with E-state index in [-0.39, 0.29) is 0 Å². The monoisotopic (exact) mass is 154 g/mol. The van der Waals surface area contributed by atoms with Gasteiger partial charge in [0.05, 0.1) is 0 Å². The molecule has 0 atom stereocenters. The molecule has 0 unspecified atom stereocenters. The Bertz CT molecular complexity index is 277. The first-order chi connectivity index (χ1) is 4.47. The Kier molecular flexibility index (Phi) is 1.36. The van der Waals surface area contributed by atoms with Crippen molar-refractivity contribution in [2.75, 3.05) is 5.75 Å². The van der Waals surface area contributed by atoms with Gasteiger partial charge in [-0.2, -0.15) is 0 Å². The quantitative estimate of drug-likeness (QED) is 0.537. The summed E-state index contributed by atoms with van der Waals surface area (Å²) in [4.78, 5) is 0. The van der Waals surface area contributed by atoms with Crippen LogP contribution in [0, 0.1) is 0 Å². The summed E-state index contributed by atoms with van der Waals surface area (Å²) in [5, 5.41) is 5.77. The van der Waals surface area contributed by atoms with E-state index < -0.39 is 0 Å². The molecule has 2 heteroatoms. The molecule has 1 aromatic heterocycles. The third kappa shape index (κ3) is 0.926. The van der Waals surface area contributed by atoms with Crippen LogP contribution < -0.4 is 9.75 Å². The molecule has 0 bridgehead atoms. The average Bonchev–Trinajstić information content (AvgIpc) is 2.33. The highest BCUT2D eigenvalue weighted by atomic mass is 32.2. The Morgan fingerprint density at radius 3 is 3.33 bits per heavy atom. The zero-order chi connectivity index (χ0) is 6.10. The minimum Gasteiger partial charge on any atom is -0.144 e. The summed E-state index contributed by atoms with van der Waals surface area (Å²) in [6, 6.07) is 2.17. The average molecular weight is 154 g/mol. The predicted octanol–water partition coefficient (Wildman–Crippen LogP) is 1.01. The molecule has 1 aromatic rings. The van der Waals surface area contributed by atoms with E-state index in [0.717, 1.165) is 5.75 Å². The summed E-state index contributed by atoms with van der Waals surface area (Å²) >= 11 is 3.69. The molecule has 1 aliphatic heterocycles. The van der Waals surface area contributed by atoms with E-state index in [1.54, 1.807) is 0 Å². The van der Waals surface area contributed by atoms with Gasteiger partial charge in [-0.15, -0.1) is 23.1 Å². The van der Waals surface area contributed by atoms with Crippen LogP contribution in [0.25, 0.3) is 11.5 Å². The fourth-order valence-electron chi connectivity index (χ4n) is 0.856. The highest BCUT2D eigenvalue weighted by Gasteiger charge is 1.91. The van der Waals surface area contributed by atoms with E-state index in [0.29, 0.717) is 0 Å². The molecule has 0 radical (unpaired) electrons. The van der Waals surface area contributed by atoms with Gasteiger partial charge in [0.15, 0.2) is 0 Å². The molecule has 0 aromatic carbocycles. The highest BCUT2D eigenvalue weighted by molar-refractivity contribution is 8.06. The zero-order valence-electron chi connectivity index (χ0n) is 4.83. The van der Waals surface area contributed by atoms with Gasteiger partial charge in [-0.05, 0) is 22.1 Å². The Morgan fingerprint density at radius 2 is 2.44 bits per heavy atom. The van der Waals surface area contributed by atoms with E-state index in [4.69, 9.17) is 0 Å². The van der Waals surface area contributed by atoms with E-state index in [2.05, 4.69) is 22.9 Å². The Labute approximate surface area is 61.9 Å². The van der Waals surface area contributed by atoms with Gasteiger partial charge in [0.2, 0.25) is 0 Å². The number of hydrogen-bond donors (Lipinski definition) is 0. The summed E-state index contributed by atoms with van der Waals surface area (Å²) in [5.74, 6) is 1.15. The van der Waals surface area contributed by atoms with Gasteiger partial charge in [0, 0.05) is 10.3 Å². The van der Waals surface area contributed by atoms with E-state index >= 15 is 0 Å². The van der Waals surface area contributed by atoms with Crippen molar-refractivity contribution in [2.24, 2.45) is 0 Å². The largest absolute Gasteiger partial charge is 0.144 e. The fraction of sp³-hybridized carbons (Fsp3) is 0.143. The molecule has 9 heavy (non-hydrogen) atoms. The first kappa shape index (κ1) is 5.57. The summed E-state index contributed by atoms with van der Waals surface area (Å²) in [6.07, 6.45) is 2.28. The van der Waals surface area contributed by atoms with Crippen LogP contribution in [-0.4, -0.2) is 5.75 Å². The van der Waals surface area contributed by atoms with Gasteiger partial charge in [0.25, 0.3) is 0 Å². The van der Waals surface area contributed by atoms with Crippen molar-refractivity contribution in [3.05, 3.63) is 21.2 Å². The molecule has 0 spiro atoms. The molecule has 0 saturated heterocycles. The van der Waals surface area contributed by atoms with Crippen LogP contribution in [0.4, 0.5) is 0 Å². The lowest BCUT2D eigenvalue weighted by Gasteiger charge is -1.90. The second-order valence-corrected chi connectivity index (χ2v) is 3.75. The molecule has 46 valence electrons. The van der Waals surface area contributed by atoms with Gasteiger partial charge in [-0.3, -0.25) is 0 Å². The molecule has 0 saturated carbocycles. The molecule has 0 nitrogen and oxygen atoms in total. The van der Waals surface area contributed by atoms with Gasteiger partial charge in [-0.1, -0.05) is 6.08 Å². The Morgan fingerprint density at radius 1 is 1.44 bits per heavy atom. The SMILES string of the molecule is C1=c2ccsc2=CCS1. The van der Waals surface area contributed by atoms with Crippen LogP contribution in [0.5, 0.6) is 0 Å². The van der Waals surface area contributed by atoms with Gasteiger partial charge < -0.3 is 0 Å². The molecule has 0 N–H and O–H groups in total. The maximum absolute atomic E-state index is 2.28. The molecule has 2 rings (SSSR count). The van der Waals surface area contributed by atoms with E-state index in [1.165, 1.54) is 9.75 Å². The van der Waals surface area contributed by atoms with E-state index in [1.807, 2.05) is 23.1 Å². The van der Waals surface area contributed by atoms with Crippen molar-refractivity contribution in [3.63, 3.8) is 0 Å². The molecule has 2 heterocycles. The topological polar surface area (TPSA) is 0 Å². The number of rotatable bonds is 0. The smallest absolute Gasteiger partial charge is 0.0316 e. The molecule has 1 aliphatic rings. The minimum atomic E-state index is 1.15. The van der Waals surface area contributed by atoms with Crippen molar-refractivity contribution in [3.8, 4) is 0 Å². The second kappa shape index (κ2) is 2.20. The van der Waals surface area contributed by atoms with Crippen molar-refractivity contribution < 1.29 is 0 Å². The van der Waals surface area contributed by atoms with Crippen LogP contribution in [0.2, 0.25) is 0 Å². The predicted molar refractivity (Wildman–Crippen MR) is 45.0 cm³/mol. The van der Waals surface area contributed by atoms with Crippen LogP contribution >= 0.6 is 23.1 Å². The molecule has 0 amide bonds. The molecule has 0 aliphatic carbocycles. The van der Waals surface area contributed by atoms with Gasteiger partial charge in [-0.25, -0.2) is 0 Å². The highest BCUT2D eigenvalue weighted by Crippen LogP contribution is 2.03. The lowest BCUT2D eigenvalue weighted by molar-refractivity contribution is 1.70. The lowest BCUT2D eigenvalue weighted by atomic mass is 10.4.